The molecule has 0 unspecified atom stereocenters. The minimum atomic E-state index is -2.96. The Bertz CT molecular complexity index is 1090. The molecular formula is C21H20F4N4O2. The number of aryl methyl sites for hydroxylation is 1. The second-order valence-corrected chi connectivity index (χ2v) is 6.55. The lowest BCUT2D eigenvalue weighted by molar-refractivity contribution is 0.103. The van der Waals surface area contributed by atoms with E-state index in [0.717, 1.165) is 4.68 Å². The van der Waals surface area contributed by atoms with Crippen LogP contribution in [-0.4, -0.2) is 32.5 Å². The Morgan fingerprint density at radius 1 is 1.13 bits per heavy atom. The third-order valence-corrected chi connectivity index (χ3v) is 4.60. The number of rotatable bonds is 9. The number of hydrogen-bond acceptors (Lipinski definition) is 4. The van der Waals surface area contributed by atoms with Crippen molar-refractivity contribution < 1.29 is 27.1 Å². The Morgan fingerprint density at radius 3 is 2.55 bits per heavy atom. The summed E-state index contributed by atoms with van der Waals surface area (Å²) in [6.45, 7) is 2.21. The number of hydrogen-bond donors (Lipinski definition) is 0. The predicted octanol–water partition coefficient (Wildman–Crippen LogP) is 4.93. The van der Waals surface area contributed by atoms with Gasteiger partial charge in [0.25, 0.3) is 12.9 Å². The van der Waals surface area contributed by atoms with Crippen LogP contribution in [0.5, 0.6) is 5.75 Å². The number of carbonyl (C=O) groups is 1. The maximum absolute atomic E-state index is 13.3. The van der Waals surface area contributed by atoms with Crippen LogP contribution in [0.1, 0.15) is 52.8 Å². The number of methoxy groups -OCH3 is 1. The number of allylic oxidation sites excluding steroid dienone is 1. The molecule has 6 nitrogen and oxygen atoms in total. The van der Waals surface area contributed by atoms with E-state index in [1.165, 1.54) is 19.4 Å². The molecule has 2 heterocycles. The minimum absolute atomic E-state index is 0.201. The standard InChI is InChI=1S/C21H20F4N4O2/c1-3-28-16(8-9-26-28)18(30)6-4-13-5-7-19(31-2)14(10-13)12-29-17(21(24)25)11-15(27-29)20(22)23/h4-11,20-21H,3,12H2,1-2H3/b6-4+. The quantitative estimate of drug-likeness (QED) is 0.271. The summed E-state index contributed by atoms with van der Waals surface area (Å²) in [5, 5.41) is 7.66. The maximum atomic E-state index is 13.3. The lowest BCUT2D eigenvalue weighted by Gasteiger charge is -2.12. The Hall–Kier alpha value is -3.43. The summed E-state index contributed by atoms with van der Waals surface area (Å²) in [7, 11) is 1.41. The molecule has 2 aromatic heterocycles. The molecule has 164 valence electrons. The summed E-state index contributed by atoms with van der Waals surface area (Å²) < 4.78 is 60.1. The van der Waals surface area contributed by atoms with E-state index in [-0.39, 0.29) is 12.3 Å². The number of ether oxygens (including phenoxy) is 1. The SMILES string of the molecule is CCn1nccc1C(=O)/C=C/c1ccc(OC)c(Cn2nc(C(F)F)cc2C(F)F)c1. The van der Waals surface area contributed by atoms with Gasteiger partial charge in [-0.15, -0.1) is 0 Å². The molecule has 10 heteroatoms. The van der Waals surface area contributed by atoms with E-state index < -0.39 is 24.2 Å². The van der Waals surface area contributed by atoms with E-state index in [4.69, 9.17) is 4.74 Å². The van der Waals surface area contributed by atoms with Crippen LogP contribution in [0.25, 0.3) is 6.08 Å². The summed E-state index contributed by atoms with van der Waals surface area (Å²) in [5.41, 5.74) is 0.156. The Morgan fingerprint density at radius 2 is 1.90 bits per heavy atom. The number of alkyl halides is 4. The van der Waals surface area contributed by atoms with Crippen LogP contribution in [0.4, 0.5) is 17.6 Å². The fraction of sp³-hybridized carbons (Fsp3) is 0.286. The highest BCUT2D eigenvalue weighted by molar-refractivity contribution is 6.05. The predicted molar refractivity (Wildman–Crippen MR) is 106 cm³/mol. The van der Waals surface area contributed by atoms with Crippen LogP contribution < -0.4 is 4.74 Å². The molecule has 0 atom stereocenters. The fourth-order valence-corrected chi connectivity index (χ4v) is 3.10. The largest absolute Gasteiger partial charge is 0.496 e. The first-order valence-electron chi connectivity index (χ1n) is 9.39. The van der Waals surface area contributed by atoms with Crippen LogP contribution in [0.15, 0.2) is 42.6 Å². The second-order valence-electron chi connectivity index (χ2n) is 6.55. The number of ketones is 1. The molecule has 1 aromatic carbocycles. The van der Waals surface area contributed by atoms with Gasteiger partial charge in [0.2, 0.25) is 5.78 Å². The Labute approximate surface area is 175 Å². The lowest BCUT2D eigenvalue weighted by atomic mass is 10.1. The molecular weight excluding hydrogens is 416 g/mol. The van der Waals surface area contributed by atoms with Gasteiger partial charge >= 0.3 is 0 Å². The average Bonchev–Trinajstić information content (AvgIpc) is 3.39. The maximum Gasteiger partial charge on any atom is 0.282 e. The van der Waals surface area contributed by atoms with E-state index in [9.17, 15) is 22.4 Å². The van der Waals surface area contributed by atoms with Crippen molar-refractivity contribution in [2.45, 2.75) is 32.9 Å². The van der Waals surface area contributed by atoms with Gasteiger partial charge in [0.05, 0.1) is 13.7 Å². The van der Waals surface area contributed by atoms with E-state index >= 15 is 0 Å². The van der Waals surface area contributed by atoms with Crippen molar-refractivity contribution in [2.24, 2.45) is 0 Å². The molecule has 3 rings (SSSR count). The summed E-state index contributed by atoms with van der Waals surface area (Å²) >= 11 is 0. The van der Waals surface area contributed by atoms with Crippen LogP contribution in [0, 0.1) is 0 Å². The number of aromatic nitrogens is 4. The molecule has 0 saturated carbocycles. The number of carbonyl (C=O) groups excluding carboxylic acids is 1. The Balaban J connectivity index is 1.89. The van der Waals surface area contributed by atoms with Gasteiger partial charge in [-0.2, -0.15) is 10.2 Å². The first kappa shape index (κ1) is 22.3. The monoisotopic (exact) mass is 436 g/mol. The van der Waals surface area contributed by atoms with E-state index in [0.29, 0.717) is 35.2 Å². The highest BCUT2D eigenvalue weighted by Gasteiger charge is 2.22. The summed E-state index contributed by atoms with van der Waals surface area (Å²) in [6.07, 6.45) is -1.44. The molecule has 31 heavy (non-hydrogen) atoms. The number of benzene rings is 1. The van der Waals surface area contributed by atoms with Crippen molar-refractivity contribution in [3.63, 3.8) is 0 Å². The third-order valence-electron chi connectivity index (χ3n) is 4.60. The van der Waals surface area contributed by atoms with Gasteiger partial charge < -0.3 is 4.74 Å². The van der Waals surface area contributed by atoms with Crippen molar-refractivity contribution >= 4 is 11.9 Å². The lowest BCUT2D eigenvalue weighted by Crippen LogP contribution is -2.08. The van der Waals surface area contributed by atoms with Crippen LogP contribution in [0.3, 0.4) is 0 Å². The minimum Gasteiger partial charge on any atom is -0.496 e. The van der Waals surface area contributed by atoms with Crippen LogP contribution >= 0.6 is 0 Å². The molecule has 0 radical (unpaired) electrons. The molecule has 0 N–H and O–H groups in total. The van der Waals surface area contributed by atoms with Gasteiger partial charge in [-0.1, -0.05) is 12.1 Å². The van der Waals surface area contributed by atoms with Crippen LogP contribution in [0.2, 0.25) is 0 Å². The molecule has 0 spiro atoms. The molecule has 0 amide bonds. The molecule has 0 aliphatic heterocycles. The summed E-state index contributed by atoms with van der Waals surface area (Å²) in [6, 6.07) is 7.22. The summed E-state index contributed by atoms with van der Waals surface area (Å²) in [5.74, 6) is 0.132. The Kier molecular flexibility index (Phi) is 6.88. The van der Waals surface area contributed by atoms with E-state index in [2.05, 4.69) is 10.2 Å². The van der Waals surface area contributed by atoms with Gasteiger partial charge in [0, 0.05) is 18.3 Å². The van der Waals surface area contributed by atoms with Gasteiger partial charge in [-0.25, -0.2) is 17.6 Å². The van der Waals surface area contributed by atoms with Crippen molar-refractivity contribution in [2.75, 3.05) is 7.11 Å². The number of halogens is 4. The first-order valence-corrected chi connectivity index (χ1v) is 9.39. The first-order chi connectivity index (χ1) is 14.8. The van der Waals surface area contributed by atoms with Crippen LogP contribution in [-0.2, 0) is 13.1 Å². The average molecular weight is 436 g/mol. The zero-order chi connectivity index (χ0) is 22.5. The van der Waals surface area contributed by atoms with Crippen molar-refractivity contribution in [3.8, 4) is 5.75 Å². The zero-order valence-corrected chi connectivity index (χ0v) is 16.8. The smallest absolute Gasteiger partial charge is 0.282 e. The number of nitrogens with zero attached hydrogens (tertiary/aromatic N) is 4. The van der Waals surface area contributed by atoms with Crippen molar-refractivity contribution in [1.82, 2.24) is 19.6 Å². The fourth-order valence-electron chi connectivity index (χ4n) is 3.10. The normalized spacial score (nSPS) is 11.7. The topological polar surface area (TPSA) is 61.9 Å². The molecule has 0 aliphatic carbocycles. The van der Waals surface area contributed by atoms with E-state index in [1.807, 2.05) is 6.92 Å². The summed E-state index contributed by atoms with van der Waals surface area (Å²) in [4.78, 5) is 12.4. The highest BCUT2D eigenvalue weighted by atomic mass is 19.3. The molecule has 0 fully saturated rings. The third kappa shape index (κ3) is 5.01. The van der Waals surface area contributed by atoms with E-state index in [1.54, 1.807) is 35.0 Å². The second kappa shape index (κ2) is 9.59. The molecule has 0 aliphatic rings. The molecule has 0 saturated heterocycles. The zero-order valence-electron chi connectivity index (χ0n) is 16.8. The van der Waals surface area contributed by atoms with Gasteiger partial charge in [-0.05, 0) is 42.8 Å². The molecule has 0 bridgehead atoms. The molecule has 3 aromatic rings. The van der Waals surface area contributed by atoms with Crippen molar-refractivity contribution in [1.29, 1.82) is 0 Å². The van der Waals surface area contributed by atoms with Gasteiger partial charge in [0.1, 0.15) is 22.8 Å². The van der Waals surface area contributed by atoms with Crippen molar-refractivity contribution in [3.05, 3.63) is 70.8 Å². The van der Waals surface area contributed by atoms with Gasteiger partial charge in [0.15, 0.2) is 0 Å². The van der Waals surface area contributed by atoms with Gasteiger partial charge in [-0.3, -0.25) is 14.2 Å². The highest BCUT2D eigenvalue weighted by Crippen LogP contribution is 2.28.